The molecule has 0 saturated carbocycles. The molecule has 1 heterocycles. The summed E-state index contributed by atoms with van der Waals surface area (Å²) in [7, 11) is -3.96. The number of hydrogen-bond acceptors (Lipinski definition) is 6. The van der Waals surface area contributed by atoms with E-state index in [0.717, 1.165) is 0 Å². The van der Waals surface area contributed by atoms with E-state index in [0.29, 0.717) is 43.1 Å². The Hall–Kier alpha value is -3.31. The summed E-state index contributed by atoms with van der Waals surface area (Å²) < 4.78 is 42.2. The van der Waals surface area contributed by atoms with E-state index < -0.39 is 21.9 Å². The van der Waals surface area contributed by atoms with Gasteiger partial charge in [0, 0.05) is 44.4 Å². The molecule has 2 N–H and O–H groups in total. The fourth-order valence-corrected chi connectivity index (χ4v) is 4.89. The van der Waals surface area contributed by atoms with E-state index in [9.17, 15) is 27.2 Å². The highest BCUT2D eigenvalue weighted by Gasteiger charge is 2.29. The number of hydrogen-bond donors (Lipinski definition) is 2. The second kappa shape index (κ2) is 10.3. The SMILES string of the molecule is CC(=O)Nc1ccc(S(=O)(=O)N[C@@H](C)C(=O)N2CCN(c3ccc(C(C)=O)cc3F)CC2)cc1. The summed E-state index contributed by atoms with van der Waals surface area (Å²) in [5, 5.41) is 2.55. The predicted molar refractivity (Wildman–Crippen MR) is 126 cm³/mol. The van der Waals surface area contributed by atoms with Gasteiger partial charge in [-0.2, -0.15) is 4.72 Å². The highest BCUT2D eigenvalue weighted by molar-refractivity contribution is 7.89. The zero-order valence-corrected chi connectivity index (χ0v) is 20.0. The molecule has 0 bridgehead atoms. The van der Waals surface area contributed by atoms with Gasteiger partial charge in [0.25, 0.3) is 0 Å². The topological polar surface area (TPSA) is 116 Å². The Kier molecular flexibility index (Phi) is 7.68. The molecule has 1 aliphatic rings. The molecule has 0 spiro atoms. The summed E-state index contributed by atoms with van der Waals surface area (Å²) >= 11 is 0. The number of nitrogens with zero attached hydrogens (tertiary/aromatic N) is 2. The van der Waals surface area contributed by atoms with Gasteiger partial charge in [0.15, 0.2) is 5.78 Å². The van der Waals surface area contributed by atoms with Crippen LogP contribution < -0.4 is 14.9 Å². The summed E-state index contributed by atoms with van der Waals surface area (Å²) in [4.78, 5) is 38.6. The third kappa shape index (κ3) is 5.97. The third-order valence-corrected chi connectivity index (χ3v) is 7.03. The lowest BCUT2D eigenvalue weighted by atomic mass is 10.1. The molecular formula is C23H27FN4O5S. The number of halogens is 1. The maximum atomic E-state index is 14.4. The van der Waals surface area contributed by atoms with Crippen molar-refractivity contribution in [2.75, 3.05) is 36.4 Å². The van der Waals surface area contributed by atoms with Crippen LogP contribution >= 0.6 is 0 Å². The van der Waals surface area contributed by atoms with Crippen LogP contribution in [-0.2, 0) is 19.6 Å². The molecule has 1 fully saturated rings. The van der Waals surface area contributed by atoms with E-state index in [-0.39, 0.29) is 22.5 Å². The fourth-order valence-electron chi connectivity index (χ4n) is 3.70. The standard InChI is InChI=1S/C23H27FN4O5S/c1-15(26-34(32,33)20-7-5-19(6-8-20)25-17(3)30)23(31)28-12-10-27(11-13-28)22-9-4-18(16(2)29)14-21(22)24/h4-9,14-15,26H,10-13H2,1-3H3,(H,25,30)/t15-/m0/s1. The Labute approximate surface area is 198 Å². The molecule has 1 atom stereocenters. The van der Waals surface area contributed by atoms with Crippen LogP contribution in [0.2, 0.25) is 0 Å². The zero-order valence-electron chi connectivity index (χ0n) is 19.2. The van der Waals surface area contributed by atoms with Crippen molar-refractivity contribution in [3.63, 3.8) is 0 Å². The highest BCUT2D eigenvalue weighted by atomic mass is 32.2. The lowest BCUT2D eigenvalue weighted by Gasteiger charge is -2.37. The number of piperazine rings is 1. The first-order chi connectivity index (χ1) is 16.0. The van der Waals surface area contributed by atoms with Gasteiger partial charge < -0.3 is 15.1 Å². The van der Waals surface area contributed by atoms with Gasteiger partial charge >= 0.3 is 0 Å². The van der Waals surface area contributed by atoms with Crippen LogP contribution in [0, 0.1) is 5.82 Å². The average Bonchev–Trinajstić information content (AvgIpc) is 2.78. The monoisotopic (exact) mass is 490 g/mol. The maximum Gasteiger partial charge on any atom is 0.241 e. The van der Waals surface area contributed by atoms with Crippen molar-refractivity contribution in [2.45, 2.75) is 31.7 Å². The molecule has 0 unspecified atom stereocenters. The van der Waals surface area contributed by atoms with Gasteiger partial charge in [0.1, 0.15) is 5.82 Å². The molecule has 1 saturated heterocycles. The van der Waals surface area contributed by atoms with Crippen molar-refractivity contribution in [3.05, 3.63) is 53.8 Å². The Balaban J connectivity index is 1.59. The molecule has 1 aliphatic heterocycles. The van der Waals surface area contributed by atoms with Crippen LogP contribution in [0.5, 0.6) is 0 Å². The normalized spacial score (nSPS) is 15.1. The number of amides is 2. The van der Waals surface area contributed by atoms with Crippen LogP contribution in [0.15, 0.2) is 47.4 Å². The van der Waals surface area contributed by atoms with Gasteiger partial charge in [0.05, 0.1) is 16.6 Å². The van der Waals surface area contributed by atoms with E-state index in [1.165, 1.54) is 56.0 Å². The molecule has 2 amide bonds. The molecule has 11 heteroatoms. The molecule has 9 nitrogen and oxygen atoms in total. The maximum absolute atomic E-state index is 14.4. The summed E-state index contributed by atoms with van der Waals surface area (Å²) in [6, 6.07) is 8.93. The van der Waals surface area contributed by atoms with Crippen molar-refractivity contribution in [2.24, 2.45) is 0 Å². The lowest BCUT2D eigenvalue weighted by Crippen LogP contribution is -2.54. The second-order valence-electron chi connectivity index (χ2n) is 8.08. The van der Waals surface area contributed by atoms with E-state index in [4.69, 9.17) is 0 Å². The minimum absolute atomic E-state index is 0.0319. The molecule has 3 rings (SSSR count). The van der Waals surface area contributed by atoms with Crippen LogP contribution in [-0.4, -0.2) is 63.1 Å². The molecular weight excluding hydrogens is 463 g/mol. The van der Waals surface area contributed by atoms with Crippen LogP contribution in [0.3, 0.4) is 0 Å². The Bertz CT molecular complexity index is 1190. The molecule has 2 aromatic rings. The molecule has 182 valence electrons. The van der Waals surface area contributed by atoms with E-state index in [1.807, 2.05) is 0 Å². The summed E-state index contributed by atoms with van der Waals surface area (Å²) in [5.41, 5.74) is 1.11. The number of benzene rings is 2. The number of sulfonamides is 1. The third-order valence-electron chi connectivity index (χ3n) is 5.47. The quantitative estimate of drug-likeness (QED) is 0.574. The van der Waals surface area contributed by atoms with E-state index in [1.54, 1.807) is 17.0 Å². The lowest BCUT2D eigenvalue weighted by molar-refractivity contribution is -0.132. The Morgan fingerprint density at radius 2 is 1.59 bits per heavy atom. The first-order valence-electron chi connectivity index (χ1n) is 10.7. The largest absolute Gasteiger partial charge is 0.366 e. The van der Waals surface area contributed by atoms with Crippen LogP contribution in [0.25, 0.3) is 0 Å². The minimum Gasteiger partial charge on any atom is -0.366 e. The smallest absolute Gasteiger partial charge is 0.241 e. The molecule has 0 aliphatic carbocycles. The van der Waals surface area contributed by atoms with Crippen molar-refractivity contribution in [3.8, 4) is 0 Å². The molecule has 0 radical (unpaired) electrons. The number of ketones is 1. The van der Waals surface area contributed by atoms with Crippen LogP contribution in [0.1, 0.15) is 31.1 Å². The zero-order chi connectivity index (χ0) is 25.0. The minimum atomic E-state index is -3.96. The first-order valence-corrected chi connectivity index (χ1v) is 12.2. The fraction of sp³-hybridized carbons (Fsp3) is 0.348. The van der Waals surface area contributed by atoms with Gasteiger partial charge in [-0.05, 0) is 56.3 Å². The predicted octanol–water partition coefficient (Wildman–Crippen LogP) is 2.00. The number of anilines is 2. The van der Waals surface area contributed by atoms with Gasteiger partial charge in [0.2, 0.25) is 21.8 Å². The number of nitrogens with one attached hydrogen (secondary N) is 2. The van der Waals surface area contributed by atoms with Crippen molar-refractivity contribution < 1.29 is 27.2 Å². The molecule has 0 aromatic heterocycles. The first kappa shape index (κ1) is 25.3. The van der Waals surface area contributed by atoms with E-state index >= 15 is 0 Å². The van der Waals surface area contributed by atoms with Crippen molar-refractivity contribution in [1.29, 1.82) is 0 Å². The summed E-state index contributed by atoms with van der Waals surface area (Å²) in [5.74, 6) is -1.38. The van der Waals surface area contributed by atoms with Gasteiger partial charge in [-0.1, -0.05) is 0 Å². The molecule has 34 heavy (non-hydrogen) atoms. The second-order valence-corrected chi connectivity index (χ2v) is 9.80. The number of carbonyl (C=O) groups is 3. The van der Waals surface area contributed by atoms with E-state index in [2.05, 4.69) is 10.0 Å². The molecule has 2 aromatic carbocycles. The highest BCUT2D eigenvalue weighted by Crippen LogP contribution is 2.23. The van der Waals surface area contributed by atoms with Crippen LogP contribution in [0.4, 0.5) is 15.8 Å². The number of Topliss-reactive ketones (excluding diaryl/α,β-unsaturated/α-hetero) is 1. The summed E-state index contributed by atoms with van der Waals surface area (Å²) in [6.45, 7) is 5.51. The number of carbonyl (C=O) groups excluding carboxylic acids is 3. The average molecular weight is 491 g/mol. The van der Waals surface area contributed by atoms with Crippen molar-refractivity contribution in [1.82, 2.24) is 9.62 Å². The Morgan fingerprint density at radius 3 is 2.12 bits per heavy atom. The Morgan fingerprint density at radius 1 is 0.971 bits per heavy atom. The number of rotatable bonds is 7. The van der Waals surface area contributed by atoms with Gasteiger partial charge in [-0.25, -0.2) is 12.8 Å². The van der Waals surface area contributed by atoms with Gasteiger partial charge in [-0.15, -0.1) is 0 Å². The van der Waals surface area contributed by atoms with Gasteiger partial charge in [-0.3, -0.25) is 14.4 Å². The summed E-state index contributed by atoms with van der Waals surface area (Å²) in [6.07, 6.45) is 0. The van der Waals surface area contributed by atoms with Crippen molar-refractivity contribution >= 4 is 39.0 Å².